The van der Waals surface area contributed by atoms with Crippen LogP contribution < -0.4 is 10.6 Å². The number of nitrogens with one attached hydrogen (secondary N) is 2. The molecule has 0 heterocycles. The second-order valence-electron chi connectivity index (χ2n) is 6.42. The van der Waals surface area contributed by atoms with Gasteiger partial charge in [0.2, 0.25) is 0 Å². The number of benzene rings is 1. The van der Waals surface area contributed by atoms with Crippen LogP contribution in [0.25, 0.3) is 0 Å². The van der Waals surface area contributed by atoms with E-state index in [4.69, 9.17) is 4.74 Å². The van der Waals surface area contributed by atoms with Crippen molar-refractivity contribution in [3.05, 3.63) is 35.4 Å². The molecule has 2 rings (SSSR count). The van der Waals surface area contributed by atoms with Crippen molar-refractivity contribution < 1.29 is 32.3 Å². The van der Waals surface area contributed by atoms with Gasteiger partial charge in [0.05, 0.1) is 11.1 Å². The average molecular weight is 386 g/mol. The highest BCUT2D eigenvalue weighted by atomic mass is 19.4. The Morgan fingerprint density at radius 2 is 1.67 bits per heavy atom. The highest BCUT2D eigenvalue weighted by molar-refractivity contribution is 5.98. The molecule has 0 spiro atoms. The Labute approximate surface area is 154 Å². The maximum Gasteiger partial charge on any atom is 0.416 e. The van der Waals surface area contributed by atoms with E-state index < -0.39 is 35.8 Å². The Kier molecular flexibility index (Phi) is 6.81. The van der Waals surface area contributed by atoms with Crippen LogP contribution in [0, 0.1) is 0 Å². The van der Waals surface area contributed by atoms with Crippen LogP contribution >= 0.6 is 0 Å². The molecule has 0 radical (unpaired) electrons. The molecule has 1 aliphatic carbocycles. The van der Waals surface area contributed by atoms with E-state index in [1.165, 1.54) is 6.92 Å². The lowest BCUT2D eigenvalue weighted by Crippen LogP contribution is -2.48. The molecule has 1 fully saturated rings. The third kappa shape index (κ3) is 6.26. The Morgan fingerprint density at radius 3 is 2.22 bits per heavy atom. The molecule has 148 valence electrons. The van der Waals surface area contributed by atoms with E-state index in [0.29, 0.717) is 0 Å². The first-order chi connectivity index (χ1) is 12.7. The largest absolute Gasteiger partial charge is 0.449 e. The van der Waals surface area contributed by atoms with Crippen LogP contribution in [0.2, 0.25) is 0 Å². The van der Waals surface area contributed by atoms with E-state index in [2.05, 4.69) is 10.6 Å². The van der Waals surface area contributed by atoms with Crippen LogP contribution in [0.1, 0.15) is 54.9 Å². The lowest BCUT2D eigenvalue weighted by Gasteiger charge is -2.23. The summed E-state index contributed by atoms with van der Waals surface area (Å²) in [5.74, 6) is -1.78. The summed E-state index contributed by atoms with van der Waals surface area (Å²) in [6.45, 7) is 1.27. The van der Waals surface area contributed by atoms with Gasteiger partial charge in [-0.2, -0.15) is 13.2 Å². The summed E-state index contributed by atoms with van der Waals surface area (Å²) < 4.78 is 42.5. The van der Waals surface area contributed by atoms with Gasteiger partial charge in [-0.25, -0.2) is 9.59 Å². The molecular formula is C18H21F3N2O4. The third-order valence-corrected chi connectivity index (χ3v) is 4.28. The molecule has 0 saturated heterocycles. The molecule has 6 nitrogen and oxygen atoms in total. The van der Waals surface area contributed by atoms with Crippen molar-refractivity contribution in [2.45, 2.75) is 57.3 Å². The van der Waals surface area contributed by atoms with Crippen molar-refractivity contribution >= 4 is 17.9 Å². The predicted octanol–water partition coefficient (Wildman–Crippen LogP) is 3.41. The lowest BCUT2D eigenvalue weighted by molar-refractivity contribution is -0.137. The Balaban J connectivity index is 1.84. The van der Waals surface area contributed by atoms with E-state index in [1.807, 2.05) is 0 Å². The summed E-state index contributed by atoms with van der Waals surface area (Å²) in [6.07, 6.45) is -0.950. The molecule has 2 N–H and O–H groups in total. The van der Waals surface area contributed by atoms with Gasteiger partial charge in [0, 0.05) is 6.04 Å². The Hall–Kier alpha value is -2.58. The van der Waals surface area contributed by atoms with Crippen molar-refractivity contribution in [2.75, 3.05) is 0 Å². The maximum atomic E-state index is 12.5. The number of ether oxygens (including phenoxy) is 1. The number of urea groups is 1. The summed E-state index contributed by atoms with van der Waals surface area (Å²) in [7, 11) is 0. The van der Waals surface area contributed by atoms with Crippen molar-refractivity contribution in [1.29, 1.82) is 0 Å². The van der Waals surface area contributed by atoms with Gasteiger partial charge in [0.15, 0.2) is 6.10 Å². The van der Waals surface area contributed by atoms with Gasteiger partial charge in [-0.1, -0.05) is 19.3 Å². The third-order valence-electron chi connectivity index (χ3n) is 4.28. The van der Waals surface area contributed by atoms with E-state index in [1.54, 1.807) is 0 Å². The molecule has 1 atom stereocenters. The van der Waals surface area contributed by atoms with Gasteiger partial charge in [0.25, 0.3) is 5.91 Å². The second kappa shape index (κ2) is 8.88. The van der Waals surface area contributed by atoms with Gasteiger partial charge in [-0.05, 0) is 44.0 Å². The van der Waals surface area contributed by atoms with E-state index >= 15 is 0 Å². The zero-order chi connectivity index (χ0) is 20.0. The van der Waals surface area contributed by atoms with Crippen molar-refractivity contribution in [3.63, 3.8) is 0 Å². The first kappa shape index (κ1) is 20.7. The Morgan fingerprint density at radius 1 is 1.07 bits per heavy atom. The molecule has 0 unspecified atom stereocenters. The van der Waals surface area contributed by atoms with Gasteiger partial charge >= 0.3 is 18.2 Å². The molecule has 1 aromatic rings. The number of rotatable bonds is 4. The maximum absolute atomic E-state index is 12.5. The molecule has 0 aromatic heterocycles. The molecule has 1 saturated carbocycles. The summed E-state index contributed by atoms with van der Waals surface area (Å²) in [5, 5.41) is 4.79. The fourth-order valence-corrected chi connectivity index (χ4v) is 2.76. The first-order valence-corrected chi connectivity index (χ1v) is 8.66. The predicted molar refractivity (Wildman–Crippen MR) is 89.9 cm³/mol. The van der Waals surface area contributed by atoms with Gasteiger partial charge in [-0.3, -0.25) is 10.1 Å². The molecule has 1 aromatic carbocycles. The quantitative estimate of drug-likeness (QED) is 0.777. The van der Waals surface area contributed by atoms with E-state index in [0.717, 1.165) is 56.4 Å². The number of imide groups is 1. The zero-order valence-corrected chi connectivity index (χ0v) is 14.8. The molecule has 27 heavy (non-hydrogen) atoms. The Bertz CT molecular complexity index is 683. The van der Waals surface area contributed by atoms with E-state index in [9.17, 15) is 27.6 Å². The highest BCUT2D eigenvalue weighted by Gasteiger charge is 2.30. The number of esters is 1. The molecular weight excluding hydrogens is 365 g/mol. The molecule has 0 aliphatic heterocycles. The lowest BCUT2D eigenvalue weighted by atomic mass is 9.96. The van der Waals surface area contributed by atoms with Crippen LogP contribution in [0.5, 0.6) is 0 Å². The number of amides is 3. The zero-order valence-electron chi connectivity index (χ0n) is 14.8. The number of carbonyl (C=O) groups excluding carboxylic acids is 3. The van der Waals surface area contributed by atoms with Gasteiger partial charge in [-0.15, -0.1) is 0 Å². The fourth-order valence-electron chi connectivity index (χ4n) is 2.76. The number of halogens is 3. The fraction of sp³-hybridized carbons (Fsp3) is 0.500. The summed E-state index contributed by atoms with van der Waals surface area (Å²) in [4.78, 5) is 35.7. The van der Waals surface area contributed by atoms with Gasteiger partial charge < -0.3 is 10.1 Å². The number of carbonyl (C=O) groups is 3. The number of hydrogen-bond donors (Lipinski definition) is 2. The molecule has 0 bridgehead atoms. The summed E-state index contributed by atoms with van der Waals surface area (Å²) in [5.41, 5.74) is -1.03. The minimum atomic E-state index is -4.51. The molecule has 9 heteroatoms. The smallest absolute Gasteiger partial charge is 0.416 e. The van der Waals surface area contributed by atoms with Crippen molar-refractivity contribution in [1.82, 2.24) is 10.6 Å². The van der Waals surface area contributed by atoms with Crippen LogP contribution in [-0.4, -0.2) is 30.1 Å². The van der Waals surface area contributed by atoms with Crippen molar-refractivity contribution in [2.24, 2.45) is 0 Å². The van der Waals surface area contributed by atoms with Crippen molar-refractivity contribution in [3.8, 4) is 0 Å². The van der Waals surface area contributed by atoms with Gasteiger partial charge in [0.1, 0.15) is 0 Å². The standard InChI is InChI=1S/C18H21F3N2O4/c1-11(15(24)23-17(26)22-14-5-3-2-4-6-14)27-16(25)12-7-9-13(10-8-12)18(19,20)21/h7-11,14H,2-6H2,1H3,(H2,22,23,24,26)/t11-/m1/s1. The average Bonchev–Trinajstić information content (AvgIpc) is 2.61. The topological polar surface area (TPSA) is 84.5 Å². The SMILES string of the molecule is C[C@@H](OC(=O)c1ccc(C(F)(F)F)cc1)C(=O)NC(=O)NC1CCCCC1. The number of hydrogen-bond acceptors (Lipinski definition) is 4. The minimum absolute atomic E-state index is 0.0107. The summed E-state index contributed by atoms with van der Waals surface area (Å²) >= 11 is 0. The normalized spacial score (nSPS) is 16.3. The minimum Gasteiger partial charge on any atom is -0.449 e. The van der Waals surface area contributed by atoms with Crippen LogP contribution in [0.4, 0.5) is 18.0 Å². The number of alkyl halides is 3. The van der Waals surface area contributed by atoms with E-state index in [-0.39, 0.29) is 11.6 Å². The monoisotopic (exact) mass is 386 g/mol. The van der Waals surface area contributed by atoms with Crippen LogP contribution in [0.15, 0.2) is 24.3 Å². The highest BCUT2D eigenvalue weighted by Crippen LogP contribution is 2.29. The molecule has 1 aliphatic rings. The first-order valence-electron chi connectivity index (χ1n) is 8.66. The molecule has 3 amide bonds. The van der Waals surface area contributed by atoms with Crippen LogP contribution in [-0.2, 0) is 15.7 Å². The van der Waals surface area contributed by atoms with Crippen LogP contribution in [0.3, 0.4) is 0 Å². The second-order valence-corrected chi connectivity index (χ2v) is 6.42. The summed E-state index contributed by atoms with van der Waals surface area (Å²) in [6, 6.07) is 2.77.